The van der Waals surface area contributed by atoms with Gasteiger partial charge in [0.25, 0.3) is 5.56 Å². The zero-order valence-electron chi connectivity index (χ0n) is 16.3. The molecule has 1 fully saturated rings. The number of benzene rings is 1. The normalized spacial score (nSPS) is 19.6. The molecule has 1 N–H and O–H groups in total. The van der Waals surface area contributed by atoms with Crippen LogP contribution in [-0.4, -0.2) is 47.3 Å². The van der Waals surface area contributed by atoms with Crippen LogP contribution in [0.1, 0.15) is 23.3 Å². The summed E-state index contributed by atoms with van der Waals surface area (Å²) in [4.78, 5) is 22.9. The smallest absolute Gasteiger partial charge is 0.268 e. The molecule has 8 heteroatoms. The summed E-state index contributed by atoms with van der Waals surface area (Å²) in [6.07, 6.45) is 3.13. The SMILES string of the molecule is CN1CCc2c(sc3nc(NC[C@@H]4CCCO4)n(-c4cccc(Cl)c4)c(=O)c23)C1. The minimum Gasteiger partial charge on any atom is -0.376 e. The number of nitrogens with zero attached hydrogens (tertiary/aromatic N) is 3. The second-order valence-corrected chi connectivity index (χ2v) is 9.26. The largest absolute Gasteiger partial charge is 0.376 e. The number of hydrogen-bond acceptors (Lipinski definition) is 6. The molecule has 0 bridgehead atoms. The van der Waals surface area contributed by atoms with Crippen molar-refractivity contribution in [1.82, 2.24) is 14.5 Å². The van der Waals surface area contributed by atoms with E-state index in [1.807, 2.05) is 18.2 Å². The van der Waals surface area contributed by atoms with Crippen LogP contribution in [-0.2, 0) is 17.7 Å². The molecule has 0 radical (unpaired) electrons. The van der Waals surface area contributed by atoms with Gasteiger partial charge in [0, 0.05) is 36.1 Å². The van der Waals surface area contributed by atoms with E-state index < -0.39 is 0 Å². The van der Waals surface area contributed by atoms with E-state index in [4.69, 9.17) is 21.3 Å². The van der Waals surface area contributed by atoms with Crippen LogP contribution in [0.3, 0.4) is 0 Å². The monoisotopic (exact) mass is 430 g/mol. The molecule has 2 aromatic heterocycles. The summed E-state index contributed by atoms with van der Waals surface area (Å²) in [5.74, 6) is 0.548. The highest BCUT2D eigenvalue weighted by Crippen LogP contribution is 2.33. The Morgan fingerprint density at radius 3 is 3.10 bits per heavy atom. The lowest BCUT2D eigenvalue weighted by atomic mass is 10.1. The van der Waals surface area contributed by atoms with Crippen molar-refractivity contribution in [1.29, 1.82) is 0 Å². The lowest BCUT2D eigenvalue weighted by molar-refractivity contribution is 0.120. The molecule has 4 heterocycles. The van der Waals surface area contributed by atoms with Crippen molar-refractivity contribution in [2.75, 3.05) is 32.1 Å². The molecule has 0 aliphatic carbocycles. The van der Waals surface area contributed by atoms with E-state index in [2.05, 4.69) is 17.3 Å². The van der Waals surface area contributed by atoms with E-state index in [1.54, 1.807) is 22.0 Å². The van der Waals surface area contributed by atoms with Gasteiger partial charge in [-0.3, -0.25) is 4.79 Å². The fourth-order valence-corrected chi connectivity index (χ4v) is 5.63. The summed E-state index contributed by atoms with van der Waals surface area (Å²) < 4.78 is 7.39. The molecule has 1 saturated heterocycles. The van der Waals surface area contributed by atoms with Gasteiger partial charge in [0.2, 0.25) is 5.95 Å². The summed E-state index contributed by atoms with van der Waals surface area (Å²) in [5.41, 5.74) is 1.84. The number of likely N-dealkylation sites (N-methyl/N-ethyl adjacent to an activating group) is 1. The number of rotatable bonds is 4. The lowest BCUT2D eigenvalue weighted by Gasteiger charge is -2.22. The first kappa shape index (κ1) is 19.1. The van der Waals surface area contributed by atoms with Gasteiger partial charge < -0.3 is 15.0 Å². The van der Waals surface area contributed by atoms with Gasteiger partial charge in [-0.2, -0.15) is 0 Å². The number of thiophene rings is 1. The third-order valence-electron chi connectivity index (χ3n) is 5.64. The first-order chi connectivity index (χ1) is 14.1. The molecule has 2 aliphatic rings. The van der Waals surface area contributed by atoms with Crippen LogP contribution in [0.15, 0.2) is 29.1 Å². The minimum atomic E-state index is -0.0332. The van der Waals surface area contributed by atoms with Crippen LogP contribution in [0, 0.1) is 0 Å². The number of aromatic nitrogens is 2. The van der Waals surface area contributed by atoms with Gasteiger partial charge in [-0.05, 0) is 50.1 Å². The van der Waals surface area contributed by atoms with Crippen molar-refractivity contribution in [3.05, 3.63) is 50.1 Å². The molecule has 2 aliphatic heterocycles. The Labute approximate surface area is 178 Å². The second kappa shape index (κ2) is 7.72. The molecule has 0 saturated carbocycles. The first-order valence-electron chi connectivity index (χ1n) is 9.97. The number of anilines is 1. The maximum Gasteiger partial charge on any atom is 0.268 e. The Hall–Kier alpha value is -1.93. The van der Waals surface area contributed by atoms with Gasteiger partial charge >= 0.3 is 0 Å². The highest BCUT2D eigenvalue weighted by Gasteiger charge is 2.25. The Balaban J connectivity index is 1.66. The van der Waals surface area contributed by atoms with Crippen LogP contribution in [0.25, 0.3) is 15.9 Å². The Kier molecular flexibility index (Phi) is 5.07. The van der Waals surface area contributed by atoms with Gasteiger partial charge in [0.1, 0.15) is 4.83 Å². The van der Waals surface area contributed by atoms with E-state index in [0.717, 1.165) is 60.4 Å². The van der Waals surface area contributed by atoms with Gasteiger partial charge in [-0.15, -0.1) is 11.3 Å². The average Bonchev–Trinajstić information content (AvgIpc) is 3.33. The highest BCUT2D eigenvalue weighted by molar-refractivity contribution is 7.18. The van der Waals surface area contributed by atoms with E-state index in [1.165, 1.54) is 4.88 Å². The highest BCUT2D eigenvalue weighted by atomic mass is 35.5. The quantitative estimate of drug-likeness (QED) is 0.684. The zero-order chi connectivity index (χ0) is 20.0. The standard InChI is InChI=1S/C21H23ClN4O2S/c1-25-8-7-16-17(12-25)29-19-18(16)20(27)26(14-5-2-4-13(22)10-14)21(24-19)23-11-15-6-3-9-28-15/h2,4-5,10,15H,3,6-9,11-12H2,1H3,(H,23,24)/t15-/m0/s1. The predicted molar refractivity (Wildman–Crippen MR) is 118 cm³/mol. The Morgan fingerprint density at radius 1 is 1.41 bits per heavy atom. The zero-order valence-corrected chi connectivity index (χ0v) is 17.9. The molecular formula is C21H23ClN4O2S. The van der Waals surface area contributed by atoms with Crippen molar-refractivity contribution >= 4 is 39.1 Å². The number of ether oxygens (including phenoxy) is 1. The van der Waals surface area contributed by atoms with Crippen LogP contribution >= 0.6 is 22.9 Å². The van der Waals surface area contributed by atoms with Crippen LogP contribution in [0.5, 0.6) is 0 Å². The van der Waals surface area contributed by atoms with Gasteiger partial charge in [-0.1, -0.05) is 17.7 Å². The number of nitrogens with one attached hydrogen (secondary N) is 1. The van der Waals surface area contributed by atoms with Gasteiger partial charge in [-0.25, -0.2) is 9.55 Å². The maximum absolute atomic E-state index is 13.7. The number of hydrogen-bond donors (Lipinski definition) is 1. The van der Waals surface area contributed by atoms with Crippen LogP contribution in [0.2, 0.25) is 5.02 Å². The van der Waals surface area contributed by atoms with Crippen molar-refractivity contribution in [2.45, 2.75) is 31.9 Å². The number of fused-ring (bicyclic) bond motifs is 3. The predicted octanol–water partition coefficient (Wildman–Crippen LogP) is 3.68. The molecule has 0 unspecified atom stereocenters. The van der Waals surface area contributed by atoms with Crippen molar-refractivity contribution < 1.29 is 4.74 Å². The van der Waals surface area contributed by atoms with Crippen molar-refractivity contribution in [2.24, 2.45) is 0 Å². The van der Waals surface area contributed by atoms with Crippen LogP contribution in [0.4, 0.5) is 5.95 Å². The topological polar surface area (TPSA) is 59.4 Å². The summed E-state index contributed by atoms with van der Waals surface area (Å²) >= 11 is 7.86. The second-order valence-electron chi connectivity index (χ2n) is 7.74. The molecular weight excluding hydrogens is 408 g/mol. The molecule has 152 valence electrons. The fourth-order valence-electron chi connectivity index (χ4n) is 4.15. The molecule has 29 heavy (non-hydrogen) atoms. The van der Waals surface area contributed by atoms with Gasteiger partial charge in [0.15, 0.2) is 0 Å². The molecule has 0 spiro atoms. The summed E-state index contributed by atoms with van der Waals surface area (Å²) in [6, 6.07) is 7.37. The van der Waals surface area contributed by atoms with Gasteiger partial charge in [0.05, 0.1) is 17.2 Å². The third-order valence-corrected chi connectivity index (χ3v) is 6.99. The maximum atomic E-state index is 13.7. The Bertz CT molecular complexity index is 1120. The van der Waals surface area contributed by atoms with E-state index in [0.29, 0.717) is 17.5 Å². The van der Waals surface area contributed by atoms with Crippen molar-refractivity contribution in [3.63, 3.8) is 0 Å². The lowest BCUT2D eigenvalue weighted by Crippen LogP contribution is -2.29. The van der Waals surface area contributed by atoms with Crippen LogP contribution < -0.4 is 10.9 Å². The van der Waals surface area contributed by atoms with Crippen molar-refractivity contribution in [3.8, 4) is 5.69 Å². The fraction of sp³-hybridized carbons (Fsp3) is 0.429. The molecule has 5 rings (SSSR count). The summed E-state index contributed by atoms with van der Waals surface area (Å²) in [7, 11) is 2.11. The summed E-state index contributed by atoms with van der Waals surface area (Å²) in [6.45, 7) is 3.25. The molecule has 1 atom stereocenters. The summed E-state index contributed by atoms with van der Waals surface area (Å²) in [5, 5.41) is 4.72. The average molecular weight is 431 g/mol. The number of halogens is 1. The minimum absolute atomic E-state index is 0.0332. The molecule has 1 aromatic carbocycles. The third kappa shape index (κ3) is 3.57. The first-order valence-corrected chi connectivity index (χ1v) is 11.2. The van der Waals surface area contributed by atoms with E-state index in [-0.39, 0.29) is 11.7 Å². The molecule has 6 nitrogen and oxygen atoms in total. The molecule has 3 aromatic rings. The van der Waals surface area contributed by atoms with E-state index in [9.17, 15) is 4.79 Å². The molecule has 0 amide bonds. The van der Waals surface area contributed by atoms with E-state index >= 15 is 0 Å². The Morgan fingerprint density at radius 2 is 2.31 bits per heavy atom.